The standard InChI is InChI=1S/C18H20N2O3/c1-19-12-15(4-7-17(19)22)18(23)20-9-8-14(11-20)10-13-2-5-16(21)6-3-13/h2-7,12,14,21H,8-11H2,1H3. The van der Waals surface area contributed by atoms with Gasteiger partial charge in [-0.05, 0) is 42.5 Å². The zero-order valence-corrected chi connectivity index (χ0v) is 13.1. The van der Waals surface area contributed by atoms with Crippen LogP contribution in [0, 0.1) is 5.92 Å². The number of carbonyl (C=O) groups excluding carboxylic acids is 1. The molecular weight excluding hydrogens is 292 g/mol. The van der Waals surface area contributed by atoms with Gasteiger partial charge < -0.3 is 14.6 Å². The van der Waals surface area contributed by atoms with Crippen LogP contribution in [0.25, 0.3) is 0 Å². The minimum absolute atomic E-state index is 0.0196. The van der Waals surface area contributed by atoms with Crippen molar-refractivity contribution < 1.29 is 9.90 Å². The van der Waals surface area contributed by atoms with Crippen LogP contribution in [0.2, 0.25) is 0 Å². The third-order valence-corrected chi connectivity index (χ3v) is 4.37. The number of likely N-dealkylation sites (tertiary alicyclic amines) is 1. The van der Waals surface area contributed by atoms with Crippen LogP contribution < -0.4 is 5.56 Å². The lowest BCUT2D eigenvalue weighted by atomic mass is 9.99. The van der Waals surface area contributed by atoms with Gasteiger partial charge in [-0.25, -0.2) is 0 Å². The molecule has 3 rings (SSSR count). The summed E-state index contributed by atoms with van der Waals surface area (Å²) in [6.45, 7) is 1.47. The van der Waals surface area contributed by atoms with Crippen molar-refractivity contribution in [2.24, 2.45) is 13.0 Å². The third kappa shape index (κ3) is 3.44. The quantitative estimate of drug-likeness (QED) is 0.940. The second-order valence-electron chi connectivity index (χ2n) is 6.14. The third-order valence-electron chi connectivity index (χ3n) is 4.37. The van der Waals surface area contributed by atoms with Gasteiger partial charge in [0.25, 0.3) is 5.91 Å². The van der Waals surface area contributed by atoms with E-state index in [9.17, 15) is 14.7 Å². The van der Waals surface area contributed by atoms with E-state index in [-0.39, 0.29) is 17.2 Å². The van der Waals surface area contributed by atoms with E-state index >= 15 is 0 Å². The normalized spacial score (nSPS) is 17.4. The van der Waals surface area contributed by atoms with Crippen LogP contribution >= 0.6 is 0 Å². The maximum Gasteiger partial charge on any atom is 0.255 e. The van der Waals surface area contributed by atoms with Crippen molar-refractivity contribution in [3.8, 4) is 5.75 Å². The molecule has 1 saturated heterocycles. The topological polar surface area (TPSA) is 62.5 Å². The summed E-state index contributed by atoms with van der Waals surface area (Å²) >= 11 is 0. The lowest BCUT2D eigenvalue weighted by Crippen LogP contribution is -2.30. The first-order chi connectivity index (χ1) is 11.0. The first-order valence-corrected chi connectivity index (χ1v) is 7.77. The number of amides is 1. The number of carbonyl (C=O) groups is 1. The molecule has 0 spiro atoms. The summed E-state index contributed by atoms with van der Waals surface area (Å²) in [4.78, 5) is 25.8. The van der Waals surface area contributed by atoms with Gasteiger partial charge in [-0.1, -0.05) is 12.1 Å². The maximum atomic E-state index is 12.5. The summed E-state index contributed by atoms with van der Waals surface area (Å²) in [5, 5.41) is 9.32. The molecule has 2 heterocycles. The summed E-state index contributed by atoms with van der Waals surface area (Å²) < 4.78 is 1.43. The molecule has 0 aliphatic carbocycles. The van der Waals surface area contributed by atoms with E-state index < -0.39 is 0 Å². The monoisotopic (exact) mass is 312 g/mol. The van der Waals surface area contributed by atoms with Gasteiger partial charge in [-0.3, -0.25) is 9.59 Å². The molecule has 0 saturated carbocycles. The SMILES string of the molecule is Cn1cc(C(=O)N2CCC(Cc3ccc(O)cc3)C2)ccc1=O. The Hall–Kier alpha value is -2.56. The minimum atomic E-state index is -0.117. The summed E-state index contributed by atoms with van der Waals surface area (Å²) in [7, 11) is 1.65. The van der Waals surface area contributed by atoms with E-state index in [0.717, 1.165) is 25.9 Å². The number of benzene rings is 1. The van der Waals surface area contributed by atoms with Gasteiger partial charge >= 0.3 is 0 Å². The van der Waals surface area contributed by atoms with Crippen molar-refractivity contribution in [2.75, 3.05) is 13.1 Å². The number of aryl methyl sites for hydroxylation is 1. The molecule has 23 heavy (non-hydrogen) atoms. The second-order valence-corrected chi connectivity index (χ2v) is 6.14. The van der Waals surface area contributed by atoms with Crippen LogP contribution in [0.3, 0.4) is 0 Å². The molecule has 1 aliphatic heterocycles. The molecule has 1 aromatic carbocycles. The first kappa shape index (κ1) is 15.3. The second kappa shape index (κ2) is 6.28. The molecule has 1 aliphatic rings. The Balaban J connectivity index is 1.64. The van der Waals surface area contributed by atoms with E-state index in [4.69, 9.17) is 0 Å². The molecule has 5 heteroatoms. The van der Waals surface area contributed by atoms with Crippen LogP contribution in [-0.2, 0) is 13.5 Å². The molecule has 1 fully saturated rings. The first-order valence-electron chi connectivity index (χ1n) is 7.77. The van der Waals surface area contributed by atoms with Gasteiger partial charge in [0.2, 0.25) is 5.56 Å². The van der Waals surface area contributed by atoms with E-state index in [1.165, 1.54) is 16.2 Å². The van der Waals surface area contributed by atoms with Crippen molar-refractivity contribution in [3.05, 3.63) is 64.1 Å². The van der Waals surface area contributed by atoms with Gasteiger partial charge in [0, 0.05) is 32.4 Å². The van der Waals surface area contributed by atoms with Gasteiger partial charge in [0.05, 0.1) is 5.56 Å². The summed E-state index contributed by atoms with van der Waals surface area (Å²) in [6, 6.07) is 10.3. The summed E-state index contributed by atoms with van der Waals surface area (Å²) in [5.41, 5.74) is 1.61. The molecule has 0 bridgehead atoms. The van der Waals surface area contributed by atoms with Crippen molar-refractivity contribution in [2.45, 2.75) is 12.8 Å². The highest BCUT2D eigenvalue weighted by Crippen LogP contribution is 2.23. The highest BCUT2D eigenvalue weighted by molar-refractivity contribution is 5.94. The van der Waals surface area contributed by atoms with Crippen molar-refractivity contribution in [1.29, 1.82) is 0 Å². The number of nitrogens with zero attached hydrogens (tertiary/aromatic N) is 2. The Morgan fingerprint density at radius 3 is 2.65 bits per heavy atom. The van der Waals surface area contributed by atoms with E-state index in [1.54, 1.807) is 31.4 Å². The van der Waals surface area contributed by atoms with Crippen LogP contribution in [-0.4, -0.2) is 33.6 Å². The van der Waals surface area contributed by atoms with Crippen LogP contribution in [0.1, 0.15) is 22.3 Å². The fourth-order valence-corrected chi connectivity index (χ4v) is 3.05. The number of rotatable bonds is 3. The molecule has 1 atom stereocenters. The van der Waals surface area contributed by atoms with E-state index in [1.807, 2.05) is 17.0 Å². The van der Waals surface area contributed by atoms with Gasteiger partial charge in [-0.15, -0.1) is 0 Å². The fourth-order valence-electron chi connectivity index (χ4n) is 3.05. The molecule has 5 nitrogen and oxygen atoms in total. The van der Waals surface area contributed by atoms with Gasteiger partial charge in [-0.2, -0.15) is 0 Å². The van der Waals surface area contributed by atoms with Gasteiger partial charge in [0.1, 0.15) is 5.75 Å². The molecule has 1 unspecified atom stereocenters. The number of phenols is 1. The van der Waals surface area contributed by atoms with Gasteiger partial charge in [0.15, 0.2) is 0 Å². The van der Waals surface area contributed by atoms with Crippen molar-refractivity contribution in [1.82, 2.24) is 9.47 Å². The average Bonchev–Trinajstić information content (AvgIpc) is 3.00. The number of hydrogen-bond acceptors (Lipinski definition) is 3. The van der Waals surface area contributed by atoms with Crippen LogP contribution in [0.4, 0.5) is 0 Å². The Morgan fingerprint density at radius 2 is 1.96 bits per heavy atom. The number of aromatic nitrogens is 1. The van der Waals surface area contributed by atoms with Crippen molar-refractivity contribution >= 4 is 5.91 Å². The smallest absolute Gasteiger partial charge is 0.255 e. The predicted octanol–water partition coefficient (Wildman–Crippen LogP) is 1.80. The van der Waals surface area contributed by atoms with Crippen LogP contribution in [0.5, 0.6) is 5.75 Å². The molecule has 1 amide bonds. The Morgan fingerprint density at radius 1 is 1.22 bits per heavy atom. The summed E-state index contributed by atoms with van der Waals surface area (Å²) in [5.74, 6) is 0.677. The highest BCUT2D eigenvalue weighted by atomic mass is 16.3. The largest absolute Gasteiger partial charge is 0.508 e. The molecular formula is C18H20N2O3. The molecule has 120 valence electrons. The minimum Gasteiger partial charge on any atom is -0.508 e. The highest BCUT2D eigenvalue weighted by Gasteiger charge is 2.27. The average molecular weight is 312 g/mol. The lowest BCUT2D eigenvalue weighted by Gasteiger charge is -2.17. The fraction of sp³-hybridized carbons (Fsp3) is 0.333. The number of hydrogen-bond donors (Lipinski definition) is 1. The zero-order chi connectivity index (χ0) is 16.4. The maximum absolute atomic E-state index is 12.5. The Labute approximate surface area is 134 Å². The number of aromatic hydroxyl groups is 1. The Kier molecular flexibility index (Phi) is 4.19. The lowest BCUT2D eigenvalue weighted by molar-refractivity contribution is 0.0786. The molecule has 0 radical (unpaired) electrons. The molecule has 2 aromatic rings. The summed E-state index contributed by atoms with van der Waals surface area (Å²) in [6.07, 6.45) is 3.47. The molecule has 1 N–H and O–H groups in total. The molecule has 1 aromatic heterocycles. The number of phenolic OH excluding ortho intramolecular Hbond substituents is 1. The van der Waals surface area contributed by atoms with Crippen molar-refractivity contribution in [3.63, 3.8) is 0 Å². The van der Waals surface area contributed by atoms with E-state index in [2.05, 4.69) is 0 Å². The van der Waals surface area contributed by atoms with Crippen LogP contribution in [0.15, 0.2) is 47.4 Å². The zero-order valence-electron chi connectivity index (χ0n) is 13.1. The Bertz CT molecular complexity index is 765. The predicted molar refractivity (Wildman–Crippen MR) is 87.5 cm³/mol. The van der Waals surface area contributed by atoms with E-state index in [0.29, 0.717) is 11.5 Å². The number of pyridine rings is 1.